The maximum Gasteiger partial charge on any atom is 0.191 e. The number of halogens is 1. The minimum Gasteiger partial charge on any atom is -0.377 e. The van der Waals surface area contributed by atoms with Gasteiger partial charge in [-0.25, -0.2) is 9.67 Å². The minimum absolute atomic E-state index is 0. The zero-order valence-corrected chi connectivity index (χ0v) is 20.8. The number of ether oxygens (including phenoxy) is 1. The summed E-state index contributed by atoms with van der Waals surface area (Å²) in [6.07, 6.45) is 3.28. The van der Waals surface area contributed by atoms with E-state index in [0.717, 1.165) is 5.96 Å². The summed E-state index contributed by atoms with van der Waals surface area (Å²) in [7, 11) is 3.49. The lowest BCUT2D eigenvalue weighted by molar-refractivity contribution is 0.0268. The highest BCUT2D eigenvalue weighted by atomic mass is 127. The number of nitrogens with zero attached hydrogens (tertiary/aromatic N) is 4. The standard InChI is InChI=1S/C23H30N6O.HI/c1-23(2,30-4)15-27-22(24-3)26-13-20-7-5-6-8-21(20)19-11-9-18(10-12-19)14-29-17-25-16-28-29;/h5-12,16-17H,13-15H2,1-4H3,(H2,24,26,27);1H. The Balaban J connectivity index is 0.00000341. The topological polar surface area (TPSA) is 76.4 Å². The summed E-state index contributed by atoms with van der Waals surface area (Å²) in [6.45, 7) is 6.12. The van der Waals surface area contributed by atoms with E-state index in [4.69, 9.17) is 4.74 Å². The van der Waals surface area contributed by atoms with Crippen LogP contribution in [0.1, 0.15) is 25.0 Å². The summed E-state index contributed by atoms with van der Waals surface area (Å²) in [5.74, 6) is 0.748. The highest BCUT2D eigenvalue weighted by molar-refractivity contribution is 14.0. The normalized spacial score (nSPS) is 11.7. The van der Waals surface area contributed by atoms with Crippen LogP contribution in [-0.4, -0.2) is 47.0 Å². The van der Waals surface area contributed by atoms with E-state index in [1.165, 1.54) is 22.3 Å². The van der Waals surface area contributed by atoms with Crippen molar-refractivity contribution in [3.8, 4) is 11.1 Å². The number of hydrogen-bond acceptors (Lipinski definition) is 4. The van der Waals surface area contributed by atoms with Crippen LogP contribution in [0.4, 0.5) is 0 Å². The number of guanidine groups is 1. The minimum atomic E-state index is -0.260. The molecule has 0 aliphatic heterocycles. The number of aromatic nitrogens is 3. The van der Waals surface area contributed by atoms with E-state index in [-0.39, 0.29) is 29.6 Å². The molecule has 0 spiro atoms. The predicted octanol–water partition coefficient (Wildman–Crippen LogP) is 3.70. The van der Waals surface area contributed by atoms with E-state index in [1.54, 1.807) is 26.8 Å². The molecule has 31 heavy (non-hydrogen) atoms. The summed E-state index contributed by atoms with van der Waals surface area (Å²) in [6, 6.07) is 17.0. The van der Waals surface area contributed by atoms with Crippen LogP contribution in [0.25, 0.3) is 11.1 Å². The van der Waals surface area contributed by atoms with Crippen LogP contribution in [0.5, 0.6) is 0 Å². The molecule has 0 saturated carbocycles. The molecular formula is C23H31IN6O. The van der Waals surface area contributed by atoms with Gasteiger partial charge in [-0.3, -0.25) is 4.99 Å². The Morgan fingerprint density at radius 3 is 2.48 bits per heavy atom. The number of methoxy groups -OCH3 is 1. The lowest BCUT2D eigenvalue weighted by Gasteiger charge is -2.24. The first-order chi connectivity index (χ1) is 14.5. The van der Waals surface area contributed by atoms with Crippen LogP contribution in [0.2, 0.25) is 0 Å². The first-order valence-corrected chi connectivity index (χ1v) is 10.00. The highest BCUT2D eigenvalue weighted by Crippen LogP contribution is 2.24. The lowest BCUT2D eigenvalue weighted by atomic mass is 9.98. The molecule has 0 atom stereocenters. The van der Waals surface area contributed by atoms with Crippen molar-refractivity contribution >= 4 is 29.9 Å². The average Bonchev–Trinajstić information content (AvgIpc) is 3.28. The smallest absolute Gasteiger partial charge is 0.191 e. The van der Waals surface area contributed by atoms with Crippen LogP contribution in [0.3, 0.4) is 0 Å². The fourth-order valence-corrected chi connectivity index (χ4v) is 3.02. The number of benzene rings is 2. The molecule has 0 saturated heterocycles. The zero-order valence-electron chi connectivity index (χ0n) is 18.5. The van der Waals surface area contributed by atoms with Crippen molar-refractivity contribution in [2.24, 2.45) is 4.99 Å². The molecular weight excluding hydrogens is 503 g/mol. The molecule has 0 fully saturated rings. The Bertz CT molecular complexity index is 954. The number of rotatable bonds is 8. The van der Waals surface area contributed by atoms with Crippen molar-refractivity contribution in [2.45, 2.75) is 32.5 Å². The second-order valence-electron chi connectivity index (χ2n) is 7.69. The third kappa shape index (κ3) is 7.32. The van der Waals surface area contributed by atoms with E-state index >= 15 is 0 Å². The van der Waals surface area contributed by atoms with Gasteiger partial charge in [-0.15, -0.1) is 24.0 Å². The van der Waals surface area contributed by atoms with Gasteiger partial charge in [0.2, 0.25) is 0 Å². The molecule has 0 amide bonds. The Morgan fingerprint density at radius 1 is 1.10 bits per heavy atom. The van der Waals surface area contributed by atoms with Crippen LogP contribution >= 0.6 is 24.0 Å². The summed E-state index contributed by atoms with van der Waals surface area (Å²) in [5.41, 5.74) is 4.51. The molecule has 1 aromatic heterocycles. The Kier molecular flexibility index (Phi) is 9.44. The van der Waals surface area contributed by atoms with Gasteiger partial charge in [0.25, 0.3) is 0 Å². The van der Waals surface area contributed by atoms with Gasteiger partial charge in [0.15, 0.2) is 5.96 Å². The quantitative estimate of drug-likeness (QED) is 0.262. The molecule has 0 bridgehead atoms. The van der Waals surface area contributed by atoms with Crippen molar-refractivity contribution in [3.63, 3.8) is 0 Å². The fraction of sp³-hybridized carbons (Fsp3) is 0.348. The molecule has 0 unspecified atom stereocenters. The molecule has 0 aliphatic rings. The van der Waals surface area contributed by atoms with Crippen molar-refractivity contribution in [1.82, 2.24) is 25.4 Å². The Morgan fingerprint density at radius 2 is 1.84 bits per heavy atom. The van der Waals surface area contributed by atoms with Gasteiger partial charge in [-0.05, 0) is 36.1 Å². The number of hydrogen-bond donors (Lipinski definition) is 2. The summed E-state index contributed by atoms with van der Waals surface area (Å²) in [5, 5.41) is 10.9. The van der Waals surface area contributed by atoms with Gasteiger partial charge in [0, 0.05) is 27.2 Å². The van der Waals surface area contributed by atoms with Gasteiger partial charge in [-0.2, -0.15) is 5.10 Å². The second kappa shape index (κ2) is 11.8. The molecule has 166 valence electrons. The highest BCUT2D eigenvalue weighted by Gasteiger charge is 2.16. The summed E-state index contributed by atoms with van der Waals surface area (Å²) in [4.78, 5) is 8.31. The van der Waals surface area contributed by atoms with Crippen LogP contribution < -0.4 is 10.6 Å². The maximum absolute atomic E-state index is 5.46. The Hall–Kier alpha value is -2.46. The molecule has 2 N–H and O–H groups in total. The first-order valence-electron chi connectivity index (χ1n) is 10.00. The van der Waals surface area contributed by atoms with Crippen molar-refractivity contribution in [2.75, 3.05) is 20.7 Å². The van der Waals surface area contributed by atoms with Crippen molar-refractivity contribution < 1.29 is 4.74 Å². The molecule has 0 radical (unpaired) electrons. The average molecular weight is 534 g/mol. The molecule has 2 aromatic carbocycles. The second-order valence-corrected chi connectivity index (χ2v) is 7.69. The van der Waals surface area contributed by atoms with Gasteiger partial charge in [0.1, 0.15) is 12.7 Å². The van der Waals surface area contributed by atoms with Crippen molar-refractivity contribution in [1.29, 1.82) is 0 Å². The first kappa shape index (κ1) is 24.8. The molecule has 0 aliphatic carbocycles. The maximum atomic E-state index is 5.46. The number of aliphatic imine (C=N–C) groups is 1. The van der Waals surface area contributed by atoms with Crippen LogP contribution in [0.15, 0.2) is 66.2 Å². The van der Waals surface area contributed by atoms with E-state index < -0.39 is 0 Å². The van der Waals surface area contributed by atoms with Crippen LogP contribution in [0, 0.1) is 0 Å². The molecule has 7 nitrogen and oxygen atoms in total. The summed E-state index contributed by atoms with van der Waals surface area (Å²) >= 11 is 0. The van der Waals surface area contributed by atoms with Gasteiger partial charge >= 0.3 is 0 Å². The monoisotopic (exact) mass is 534 g/mol. The molecule has 8 heteroatoms. The predicted molar refractivity (Wildman–Crippen MR) is 136 cm³/mol. The molecule has 3 aromatic rings. The third-order valence-corrected chi connectivity index (χ3v) is 5.00. The fourth-order valence-electron chi connectivity index (χ4n) is 3.02. The van der Waals surface area contributed by atoms with E-state index in [9.17, 15) is 0 Å². The number of nitrogens with one attached hydrogen (secondary N) is 2. The summed E-state index contributed by atoms with van der Waals surface area (Å²) < 4.78 is 7.28. The largest absolute Gasteiger partial charge is 0.377 e. The zero-order chi connectivity index (χ0) is 21.4. The van der Waals surface area contributed by atoms with Gasteiger partial charge in [-0.1, -0.05) is 48.5 Å². The van der Waals surface area contributed by atoms with E-state index in [0.29, 0.717) is 19.6 Å². The van der Waals surface area contributed by atoms with Crippen LogP contribution in [-0.2, 0) is 17.8 Å². The van der Waals surface area contributed by atoms with Crippen molar-refractivity contribution in [3.05, 3.63) is 72.3 Å². The van der Waals surface area contributed by atoms with E-state index in [1.807, 2.05) is 18.5 Å². The lowest BCUT2D eigenvalue weighted by Crippen LogP contribution is -2.45. The molecule has 3 rings (SSSR count). The Labute approximate surface area is 201 Å². The van der Waals surface area contributed by atoms with E-state index in [2.05, 4.69) is 74.2 Å². The van der Waals surface area contributed by atoms with Gasteiger partial charge < -0.3 is 15.4 Å². The molecule has 1 heterocycles. The third-order valence-electron chi connectivity index (χ3n) is 5.00. The SMILES string of the molecule is CN=C(NCc1ccccc1-c1ccc(Cn2cncn2)cc1)NCC(C)(C)OC.I. The van der Waals surface area contributed by atoms with Gasteiger partial charge in [0.05, 0.1) is 12.1 Å².